The lowest BCUT2D eigenvalue weighted by atomic mass is 10.4. The van der Waals surface area contributed by atoms with Gasteiger partial charge in [-0.1, -0.05) is 6.07 Å². The molecular weight excluding hydrogens is 220 g/mol. The molecule has 0 saturated heterocycles. The van der Waals surface area contributed by atoms with Gasteiger partial charge in [-0.25, -0.2) is 4.98 Å². The molecule has 0 aliphatic rings. The van der Waals surface area contributed by atoms with Crippen LogP contribution >= 0.6 is 11.3 Å². The molecule has 3 nitrogen and oxygen atoms in total. The van der Waals surface area contributed by atoms with Gasteiger partial charge in [0.25, 0.3) is 0 Å². The third-order valence-electron chi connectivity index (χ3n) is 2.36. The molecule has 3 rings (SSSR count). The Labute approximate surface area is 97.0 Å². The zero-order valence-electron chi connectivity index (χ0n) is 8.54. The summed E-state index contributed by atoms with van der Waals surface area (Å²) in [5, 5.41) is 2.08. The van der Waals surface area contributed by atoms with Crippen molar-refractivity contribution in [3.05, 3.63) is 53.2 Å². The number of hydrogen-bond acceptors (Lipinski definition) is 3. The van der Waals surface area contributed by atoms with Crippen molar-refractivity contribution in [1.29, 1.82) is 0 Å². The number of nitrogens with zero attached hydrogens (tertiary/aromatic N) is 2. The predicted octanol–water partition coefficient (Wildman–Crippen LogP) is 3.25. The van der Waals surface area contributed by atoms with Crippen LogP contribution in [-0.2, 0) is 6.54 Å². The van der Waals surface area contributed by atoms with Crippen molar-refractivity contribution >= 4 is 11.3 Å². The molecule has 0 radical (unpaired) electrons. The first kappa shape index (κ1) is 9.42. The Balaban J connectivity index is 1.94. The molecule has 0 atom stereocenters. The topological polar surface area (TPSA) is 31.0 Å². The maximum atomic E-state index is 5.36. The number of rotatable bonds is 3. The minimum atomic E-state index is 0.807. The molecule has 16 heavy (non-hydrogen) atoms. The van der Waals surface area contributed by atoms with E-state index in [4.69, 9.17) is 4.42 Å². The summed E-state index contributed by atoms with van der Waals surface area (Å²) >= 11 is 1.75. The lowest BCUT2D eigenvalue weighted by molar-refractivity contribution is 0.572. The molecule has 0 bridgehead atoms. The first-order valence-electron chi connectivity index (χ1n) is 5.01. The second-order valence-corrected chi connectivity index (χ2v) is 4.47. The van der Waals surface area contributed by atoms with E-state index in [0.29, 0.717) is 0 Å². The fraction of sp³-hybridized carbons (Fsp3) is 0.0833. The Hall–Kier alpha value is -1.81. The van der Waals surface area contributed by atoms with Gasteiger partial charge in [0.2, 0.25) is 0 Å². The lowest BCUT2D eigenvalue weighted by Crippen LogP contribution is -1.98. The van der Waals surface area contributed by atoms with E-state index in [2.05, 4.69) is 27.1 Å². The maximum absolute atomic E-state index is 5.36. The van der Waals surface area contributed by atoms with Crippen LogP contribution in [0.2, 0.25) is 0 Å². The molecule has 3 aromatic rings. The highest BCUT2D eigenvalue weighted by Gasteiger charge is 2.08. The van der Waals surface area contributed by atoms with E-state index >= 15 is 0 Å². The van der Waals surface area contributed by atoms with Gasteiger partial charge < -0.3 is 8.98 Å². The Morgan fingerprint density at radius 3 is 3.06 bits per heavy atom. The highest BCUT2D eigenvalue weighted by Crippen LogP contribution is 2.20. The van der Waals surface area contributed by atoms with Gasteiger partial charge in [-0.15, -0.1) is 11.3 Å². The van der Waals surface area contributed by atoms with Gasteiger partial charge in [0.1, 0.15) is 0 Å². The summed E-state index contributed by atoms with van der Waals surface area (Å²) in [7, 11) is 0. The first-order chi connectivity index (χ1) is 7.93. The van der Waals surface area contributed by atoms with Crippen LogP contribution in [0.3, 0.4) is 0 Å². The number of hydrogen-bond donors (Lipinski definition) is 0. The van der Waals surface area contributed by atoms with E-state index < -0.39 is 0 Å². The van der Waals surface area contributed by atoms with E-state index in [9.17, 15) is 0 Å². The van der Waals surface area contributed by atoms with Crippen LogP contribution in [0.1, 0.15) is 4.88 Å². The molecule has 0 aliphatic heterocycles. The van der Waals surface area contributed by atoms with Crippen molar-refractivity contribution in [2.24, 2.45) is 0 Å². The summed E-state index contributed by atoms with van der Waals surface area (Å²) in [4.78, 5) is 5.62. The van der Waals surface area contributed by atoms with Crippen LogP contribution in [-0.4, -0.2) is 9.55 Å². The Morgan fingerprint density at radius 1 is 1.31 bits per heavy atom. The quantitative estimate of drug-likeness (QED) is 0.691. The standard InChI is InChI=1S/C12H10N2OS/c1-4-11(15-7-1)12-13-5-6-14(12)9-10-3-2-8-16-10/h1-8H,9H2. The SMILES string of the molecule is c1coc(-c2nccn2Cc2cccs2)c1. The van der Waals surface area contributed by atoms with Gasteiger partial charge in [-0.3, -0.25) is 0 Å². The molecule has 0 N–H and O–H groups in total. The second-order valence-electron chi connectivity index (χ2n) is 3.44. The first-order valence-corrected chi connectivity index (χ1v) is 5.89. The molecule has 4 heteroatoms. The van der Waals surface area contributed by atoms with Crippen LogP contribution in [0.15, 0.2) is 52.7 Å². The molecule has 0 saturated carbocycles. The van der Waals surface area contributed by atoms with Crippen molar-refractivity contribution in [2.45, 2.75) is 6.54 Å². The third-order valence-corrected chi connectivity index (χ3v) is 3.22. The van der Waals surface area contributed by atoms with Crippen LogP contribution in [0.5, 0.6) is 0 Å². The molecule has 0 spiro atoms. The van der Waals surface area contributed by atoms with Gasteiger partial charge in [0.05, 0.1) is 12.8 Å². The van der Waals surface area contributed by atoms with Crippen LogP contribution in [0.4, 0.5) is 0 Å². The van der Waals surface area contributed by atoms with Gasteiger partial charge in [-0.05, 0) is 23.6 Å². The maximum Gasteiger partial charge on any atom is 0.176 e. The summed E-state index contributed by atoms with van der Waals surface area (Å²) < 4.78 is 7.45. The fourth-order valence-electron chi connectivity index (χ4n) is 1.64. The highest BCUT2D eigenvalue weighted by atomic mass is 32.1. The van der Waals surface area contributed by atoms with Crippen molar-refractivity contribution in [2.75, 3.05) is 0 Å². The normalized spacial score (nSPS) is 10.8. The average molecular weight is 230 g/mol. The Bertz CT molecular complexity index is 552. The van der Waals surface area contributed by atoms with Gasteiger partial charge >= 0.3 is 0 Å². The summed E-state index contributed by atoms with van der Waals surface area (Å²) in [6, 6.07) is 7.98. The fourth-order valence-corrected chi connectivity index (χ4v) is 2.34. The molecule has 3 heterocycles. The lowest BCUT2D eigenvalue weighted by Gasteiger charge is -2.03. The van der Waals surface area contributed by atoms with Gasteiger partial charge in [0, 0.05) is 17.3 Å². The number of imidazole rings is 1. The van der Waals surface area contributed by atoms with Crippen LogP contribution in [0, 0.1) is 0 Å². The number of furan rings is 1. The second kappa shape index (κ2) is 3.98. The zero-order valence-corrected chi connectivity index (χ0v) is 9.35. The molecule has 3 aromatic heterocycles. The van der Waals surface area contributed by atoms with Crippen molar-refractivity contribution in [3.8, 4) is 11.6 Å². The highest BCUT2D eigenvalue weighted by molar-refractivity contribution is 7.09. The Kier molecular flexibility index (Phi) is 2.34. The largest absolute Gasteiger partial charge is 0.461 e. The van der Waals surface area contributed by atoms with E-state index in [1.807, 2.05) is 18.3 Å². The molecule has 0 aromatic carbocycles. The average Bonchev–Trinajstić information content (AvgIpc) is 2.98. The van der Waals surface area contributed by atoms with Crippen LogP contribution < -0.4 is 0 Å². The molecular formula is C12H10N2OS. The summed E-state index contributed by atoms with van der Waals surface area (Å²) in [6.45, 7) is 0.841. The summed E-state index contributed by atoms with van der Waals surface area (Å²) in [5.41, 5.74) is 0. The van der Waals surface area contributed by atoms with Gasteiger partial charge in [0.15, 0.2) is 11.6 Å². The predicted molar refractivity (Wildman–Crippen MR) is 63.4 cm³/mol. The molecule has 0 fully saturated rings. The van der Waals surface area contributed by atoms with E-state index in [1.54, 1.807) is 23.8 Å². The Morgan fingerprint density at radius 2 is 2.31 bits per heavy atom. The smallest absolute Gasteiger partial charge is 0.176 e. The minimum Gasteiger partial charge on any atom is -0.461 e. The van der Waals surface area contributed by atoms with Crippen molar-refractivity contribution < 1.29 is 4.42 Å². The summed E-state index contributed by atoms with van der Waals surface area (Å²) in [6.07, 6.45) is 5.43. The zero-order chi connectivity index (χ0) is 10.8. The van der Waals surface area contributed by atoms with Crippen molar-refractivity contribution in [1.82, 2.24) is 9.55 Å². The monoisotopic (exact) mass is 230 g/mol. The van der Waals surface area contributed by atoms with E-state index in [-0.39, 0.29) is 0 Å². The van der Waals surface area contributed by atoms with Crippen molar-refractivity contribution in [3.63, 3.8) is 0 Å². The van der Waals surface area contributed by atoms with Gasteiger partial charge in [-0.2, -0.15) is 0 Å². The van der Waals surface area contributed by atoms with E-state index in [1.165, 1.54) is 4.88 Å². The third kappa shape index (κ3) is 1.67. The molecule has 0 amide bonds. The molecule has 0 aliphatic carbocycles. The summed E-state index contributed by atoms with van der Waals surface area (Å²) in [5.74, 6) is 1.68. The minimum absolute atomic E-state index is 0.807. The molecule has 0 unspecified atom stereocenters. The van der Waals surface area contributed by atoms with Crippen LogP contribution in [0.25, 0.3) is 11.6 Å². The number of aromatic nitrogens is 2. The number of thiophene rings is 1. The molecule has 80 valence electrons. The van der Waals surface area contributed by atoms with E-state index in [0.717, 1.165) is 18.1 Å².